The number of ether oxygens (including phenoxy) is 1. The van der Waals surface area contributed by atoms with E-state index in [1.54, 1.807) is 0 Å². The molecule has 120 valence electrons. The molecule has 0 aromatic heterocycles. The Morgan fingerprint density at radius 2 is 1.75 bits per heavy atom. The molecular weight excluding hydrogens is 248 g/mol. The lowest BCUT2D eigenvalue weighted by molar-refractivity contribution is 0.0765. The summed E-state index contributed by atoms with van der Waals surface area (Å²) < 4.78 is 5.80. The monoisotopic (exact) mass is 284 g/mol. The molecule has 2 N–H and O–H groups in total. The number of nitrogens with two attached hydrogens (primary N) is 1. The molecule has 0 saturated heterocycles. The summed E-state index contributed by atoms with van der Waals surface area (Å²) in [6.07, 6.45) is 10.7. The van der Waals surface area contributed by atoms with Crippen LogP contribution in [0.3, 0.4) is 0 Å². The number of nitrogens with zero attached hydrogens (tertiary/aromatic N) is 1. The Morgan fingerprint density at radius 1 is 1.05 bits per heavy atom. The van der Waals surface area contributed by atoms with E-state index in [0.29, 0.717) is 0 Å². The summed E-state index contributed by atoms with van der Waals surface area (Å²) in [5.41, 5.74) is 5.69. The van der Waals surface area contributed by atoms with Gasteiger partial charge in [0, 0.05) is 19.2 Å². The second-order valence-electron chi connectivity index (χ2n) is 6.62. The summed E-state index contributed by atoms with van der Waals surface area (Å²) in [6, 6.07) is 0.776. The van der Waals surface area contributed by atoms with Crippen molar-refractivity contribution in [2.45, 2.75) is 71.3 Å². The Morgan fingerprint density at radius 3 is 2.35 bits per heavy atom. The van der Waals surface area contributed by atoms with Gasteiger partial charge in [-0.05, 0) is 44.7 Å². The lowest BCUT2D eigenvalue weighted by atomic mass is 10.1. The zero-order valence-electron chi connectivity index (χ0n) is 13.8. The van der Waals surface area contributed by atoms with Crippen molar-refractivity contribution >= 4 is 0 Å². The fourth-order valence-electron chi connectivity index (χ4n) is 3.00. The molecule has 1 aliphatic rings. The average molecular weight is 284 g/mol. The van der Waals surface area contributed by atoms with Crippen LogP contribution in [0, 0.1) is 5.92 Å². The van der Waals surface area contributed by atoms with Crippen molar-refractivity contribution in [1.82, 2.24) is 4.90 Å². The summed E-state index contributed by atoms with van der Waals surface area (Å²) in [4.78, 5) is 2.65. The summed E-state index contributed by atoms with van der Waals surface area (Å²) in [6.45, 7) is 9.33. The van der Waals surface area contributed by atoms with Gasteiger partial charge in [0.1, 0.15) is 0 Å². The van der Waals surface area contributed by atoms with Crippen LogP contribution in [0.5, 0.6) is 0 Å². The lowest BCUT2D eigenvalue weighted by Crippen LogP contribution is -2.39. The molecule has 0 unspecified atom stereocenters. The molecule has 20 heavy (non-hydrogen) atoms. The van der Waals surface area contributed by atoms with E-state index < -0.39 is 0 Å². The van der Waals surface area contributed by atoms with E-state index in [9.17, 15) is 0 Å². The Balaban J connectivity index is 2.26. The molecule has 3 nitrogen and oxygen atoms in total. The number of hydrogen-bond acceptors (Lipinski definition) is 3. The van der Waals surface area contributed by atoms with Crippen molar-refractivity contribution in [3.05, 3.63) is 0 Å². The van der Waals surface area contributed by atoms with Gasteiger partial charge in [-0.3, -0.25) is 4.90 Å². The van der Waals surface area contributed by atoms with Crippen molar-refractivity contribution in [2.24, 2.45) is 11.7 Å². The molecule has 0 aromatic rings. The van der Waals surface area contributed by atoms with Gasteiger partial charge in [-0.2, -0.15) is 0 Å². The maximum atomic E-state index is 5.80. The van der Waals surface area contributed by atoms with Crippen molar-refractivity contribution in [1.29, 1.82) is 0 Å². The molecule has 0 aromatic carbocycles. The van der Waals surface area contributed by atoms with Crippen LogP contribution < -0.4 is 5.73 Å². The highest BCUT2D eigenvalue weighted by Gasteiger charge is 2.19. The third kappa shape index (κ3) is 8.23. The molecule has 0 heterocycles. The smallest absolute Gasteiger partial charge is 0.0593 e. The van der Waals surface area contributed by atoms with Gasteiger partial charge >= 0.3 is 0 Å². The molecular formula is C17H36N2O. The maximum Gasteiger partial charge on any atom is 0.0593 e. The van der Waals surface area contributed by atoms with Gasteiger partial charge in [0.2, 0.25) is 0 Å². The van der Waals surface area contributed by atoms with E-state index in [0.717, 1.165) is 51.2 Å². The van der Waals surface area contributed by atoms with Gasteiger partial charge in [0.15, 0.2) is 0 Å². The molecule has 0 atom stereocenters. The zero-order chi connectivity index (χ0) is 14.6. The maximum absolute atomic E-state index is 5.80. The first-order valence-corrected chi connectivity index (χ1v) is 8.76. The van der Waals surface area contributed by atoms with Gasteiger partial charge in [-0.15, -0.1) is 0 Å². The number of hydrogen-bond donors (Lipinski definition) is 1. The molecule has 1 saturated carbocycles. The average Bonchev–Trinajstić information content (AvgIpc) is 2.70. The molecule has 1 aliphatic carbocycles. The highest BCUT2D eigenvalue weighted by Crippen LogP contribution is 2.22. The summed E-state index contributed by atoms with van der Waals surface area (Å²) in [5.74, 6) is 0.741. The van der Waals surface area contributed by atoms with Gasteiger partial charge in [0.25, 0.3) is 0 Å². The van der Waals surface area contributed by atoms with Gasteiger partial charge in [0.05, 0.1) is 6.61 Å². The molecule has 1 fully saturated rings. The predicted molar refractivity (Wildman–Crippen MR) is 87.0 cm³/mol. The molecule has 3 heteroatoms. The van der Waals surface area contributed by atoms with Gasteiger partial charge < -0.3 is 10.5 Å². The van der Waals surface area contributed by atoms with Crippen molar-refractivity contribution in [3.8, 4) is 0 Å². The highest BCUT2D eigenvalue weighted by molar-refractivity contribution is 4.75. The van der Waals surface area contributed by atoms with Crippen LogP contribution in [0.2, 0.25) is 0 Å². The van der Waals surface area contributed by atoms with Crippen LogP contribution in [0.15, 0.2) is 0 Å². The fraction of sp³-hybridized carbons (Fsp3) is 1.00. The van der Waals surface area contributed by atoms with Crippen LogP contribution in [0.4, 0.5) is 0 Å². The fourth-order valence-corrected chi connectivity index (χ4v) is 3.00. The molecule has 0 radical (unpaired) electrons. The van der Waals surface area contributed by atoms with Gasteiger partial charge in [-0.1, -0.05) is 39.5 Å². The molecule has 0 amide bonds. The largest absolute Gasteiger partial charge is 0.380 e. The van der Waals surface area contributed by atoms with E-state index >= 15 is 0 Å². The first kappa shape index (κ1) is 17.9. The van der Waals surface area contributed by atoms with Crippen LogP contribution in [0.1, 0.15) is 65.2 Å². The Labute approximate surface area is 126 Å². The topological polar surface area (TPSA) is 38.5 Å². The van der Waals surface area contributed by atoms with Crippen LogP contribution in [0.25, 0.3) is 0 Å². The summed E-state index contributed by atoms with van der Waals surface area (Å²) >= 11 is 0. The molecule has 0 spiro atoms. The van der Waals surface area contributed by atoms with E-state index in [-0.39, 0.29) is 0 Å². The first-order chi connectivity index (χ1) is 9.74. The first-order valence-electron chi connectivity index (χ1n) is 8.76. The minimum absolute atomic E-state index is 0.741. The van der Waals surface area contributed by atoms with E-state index in [2.05, 4.69) is 18.7 Å². The third-order valence-electron chi connectivity index (χ3n) is 4.35. The molecule has 0 bridgehead atoms. The highest BCUT2D eigenvalue weighted by atomic mass is 16.5. The van der Waals surface area contributed by atoms with Crippen LogP contribution in [-0.4, -0.2) is 43.8 Å². The Hall–Kier alpha value is -0.120. The second kappa shape index (κ2) is 11.5. The van der Waals surface area contributed by atoms with Crippen molar-refractivity contribution in [2.75, 3.05) is 32.8 Å². The minimum Gasteiger partial charge on any atom is -0.380 e. The third-order valence-corrected chi connectivity index (χ3v) is 4.35. The van der Waals surface area contributed by atoms with Crippen LogP contribution >= 0.6 is 0 Å². The van der Waals surface area contributed by atoms with Crippen molar-refractivity contribution < 1.29 is 4.74 Å². The normalized spacial score (nSPS) is 17.9. The zero-order valence-corrected chi connectivity index (χ0v) is 13.8. The van der Waals surface area contributed by atoms with Crippen molar-refractivity contribution in [3.63, 3.8) is 0 Å². The van der Waals surface area contributed by atoms with Crippen LogP contribution in [-0.2, 0) is 4.74 Å². The number of rotatable bonds is 10. The minimum atomic E-state index is 0.741. The lowest BCUT2D eigenvalue weighted by Gasteiger charge is -2.31. The quantitative estimate of drug-likeness (QED) is 0.493. The predicted octanol–water partition coefficient (Wildman–Crippen LogP) is 3.42. The van der Waals surface area contributed by atoms with E-state index in [1.165, 1.54) is 44.9 Å². The van der Waals surface area contributed by atoms with E-state index in [1.807, 2.05) is 0 Å². The molecule has 1 rings (SSSR count). The van der Waals surface area contributed by atoms with Gasteiger partial charge in [-0.25, -0.2) is 0 Å². The Kier molecular flexibility index (Phi) is 10.3. The standard InChI is InChI=1S/C17H36N2O/c1-16(2)10-14-20-15-13-19(12-7-11-18)17-8-5-3-4-6-9-17/h16-17H,3-15,18H2,1-2H3. The second-order valence-corrected chi connectivity index (χ2v) is 6.62. The summed E-state index contributed by atoms with van der Waals surface area (Å²) in [7, 11) is 0. The summed E-state index contributed by atoms with van der Waals surface area (Å²) in [5, 5.41) is 0. The van der Waals surface area contributed by atoms with E-state index in [4.69, 9.17) is 10.5 Å². The molecule has 0 aliphatic heterocycles. The SMILES string of the molecule is CC(C)CCOCCN(CCCN)C1CCCCCC1. The Bertz CT molecular complexity index is 213.